The predicted molar refractivity (Wildman–Crippen MR) is 78.7 cm³/mol. The highest BCUT2D eigenvalue weighted by molar-refractivity contribution is 7.89. The summed E-state index contributed by atoms with van der Waals surface area (Å²) in [5.41, 5.74) is 5.77. The lowest BCUT2D eigenvalue weighted by molar-refractivity contribution is 0.249. The summed E-state index contributed by atoms with van der Waals surface area (Å²) in [6.07, 6.45) is 1.06. The van der Waals surface area contributed by atoms with Crippen molar-refractivity contribution in [3.05, 3.63) is 29.6 Å². The van der Waals surface area contributed by atoms with Crippen molar-refractivity contribution in [1.29, 1.82) is 0 Å². The topological polar surface area (TPSA) is 63.4 Å². The highest BCUT2D eigenvalue weighted by Gasteiger charge is 2.34. The Morgan fingerprint density at radius 2 is 1.64 bits per heavy atom. The summed E-state index contributed by atoms with van der Waals surface area (Å²) in [5, 5.41) is 0. The van der Waals surface area contributed by atoms with Gasteiger partial charge in [0.2, 0.25) is 10.0 Å². The monoisotopic (exact) mass is 358 g/mol. The van der Waals surface area contributed by atoms with Gasteiger partial charge in [0.05, 0.1) is 0 Å². The Hall–Kier alpha value is -0.830. The van der Waals surface area contributed by atoms with Gasteiger partial charge in [-0.3, -0.25) is 0 Å². The van der Waals surface area contributed by atoms with Crippen LogP contribution in [0.15, 0.2) is 17.0 Å². The number of sulfonamides is 1. The smallest absolute Gasteiger partial charge is 0.248 e. The van der Waals surface area contributed by atoms with Crippen molar-refractivity contribution in [2.75, 3.05) is 13.1 Å². The van der Waals surface area contributed by atoms with Gasteiger partial charge in [0.15, 0.2) is 4.90 Å². The van der Waals surface area contributed by atoms with Gasteiger partial charge in [0.25, 0.3) is 0 Å². The summed E-state index contributed by atoms with van der Waals surface area (Å²) < 4.78 is 65.8. The maximum Gasteiger partial charge on any atom is 0.248 e. The van der Waals surface area contributed by atoms with E-state index < -0.39 is 32.4 Å². The van der Waals surface area contributed by atoms with Crippen LogP contribution in [0.1, 0.15) is 19.8 Å². The normalized spacial score (nSPS) is 18.8. The zero-order chi connectivity index (χ0) is 15.8. The molecule has 1 unspecified atom stereocenters. The van der Waals surface area contributed by atoms with Crippen LogP contribution < -0.4 is 5.73 Å². The average molecular weight is 359 g/mol. The van der Waals surface area contributed by atoms with Crippen LogP contribution in [0.2, 0.25) is 0 Å². The van der Waals surface area contributed by atoms with E-state index in [2.05, 4.69) is 0 Å². The predicted octanol–water partition coefficient (Wildman–Crippen LogP) is 2.27. The Bertz CT molecular complexity index is 609. The molecule has 1 aromatic carbocycles. The highest BCUT2D eigenvalue weighted by atomic mass is 35.5. The van der Waals surface area contributed by atoms with Crippen LogP contribution >= 0.6 is 12.4 Å². The van der Waals surface area contributed by atoms with Crippen molar-refractivity contribution >= 4 is 22.4 Å². The van der Waals surface area contributed by atoms with Gasteiger partial charge < -0.3 is 5.73 Å². The molecule has 2 N–H and O–H groups in total. The molecule has 1 aliphatic heterocycles. The van der Waals surface area contributed by atoms with Gasteiger partial charge >= 0.3 is 0 Å². The molecular formula is C13H18ClF3N2O2S. The van der Waals surface area contributed by atoms with E-state index in [0.29, 0.717) is 25.0 Å². The summed E-state index contributed by atoms with van der Waals surface area (Å²) in [7, 11) is -4.31. The van der Waals surface area contributed by atoms with Gasteiger partial charge in [-0.2, -0.15) is 4.31 Å². The third kappa shape index (κ3) is 3.73. The lowest BCUT2D eigenvalue weighted by atomic mass is 9.92. The van der Waals surface area contributed by atoms with Gasteiger partial charge in [-0.25, -0.2) is 21.6 Å². The van der Waals surface area contributed by atoms with E-state index in [1.807, 2.05) is 6.92 Å². The first-order valence-corrected chi connectivity index (χ1v) is 8.07. The van der Waals surface area contributed by atoms with Crippen LogP contribution in [0.4, 0.5) is 13.2 Å². The molecule has 126 valence electrons. The van der Waals surface area contributed by atoms with Gasteiger partial charge in [0, 0.05) is 31.3 Å². The Kier molecular flexibility index (Phi) is 6.26. The second-order valence-corrected chi connectivity index (χ2v) is 7.17. The molecule has 9 heteroatoms. The molecule has 2 rings (SSSR count). The molecule has 0 aliphatic carbocycles. The molecule has 1 fully saturated rings. The molecule has 1 aromatic rings. The number of hydrogen-bond acceptors (Lipinski definition) is 3. The number of piperidine rings is 1. The number of nitrogens with zero attached hydrogens (tertiary/aromatic N) is 1. The highest BCUT2D eigenvalue weighted by Crippen LogP contribution is 2.28. The fourth-order valence-electron chi connectivity index (χ4n) is 2.55. The first-order valence-electron chi connectivity index (χ1n) is 6.63. The van der Waals surface area contributed by atoms with Crippen molar-refractivity contribution in [2.24, 2.45) is 11.7 Å². The SMILES string of the molecule is CC(N)C1CCN(S(=O)(=O)c2c(F)cc(F)cc2F)CC1.Cl. The van der Waals surface area contributed by atoms with Crippen LogP contribution in [-0.4, -0.2) is 31.9 Å². The largest absolute Gasteiger partial charge is 0.328 e. The minimum atomic E-state index is -4.31. The lowest BCUT2D eigenvalue weighted by Crippen LogP contribution is -2.42. The van der Waals surface area contributed by atoms with Crippen LogP contribution in [0, 0.1) is 23.4 Å². The first-order chi connectivity index (χ1) is 9.73. The Morgan fingerprint density at radius 1 is 1.18 bits per heavy atom. The minimum Gasteiger partial charge on any atom is -0.328 e. The Labute approximate surface area is 133 Å². The summed E-state index contributed by atoms with van der Waals surface area (Å²) in [5.74, 6) is -3.80. The molecule has 0 bridgehead atoms. The number of benzene rings is 1. The standard InChI is InChI=1S/C13H17F3N2O2S.ClH/c1-8(17)9-2-4-18(5-3-9)21(19,20)13-11(15)6-10(14)7-12(13)16;/h6-9H,2-5,17H2,1H3;1H. The molecular weight excluding hydrogens is 341 g/mol. The minimum absolute atomic E-state index is 0. The molecule has 1 saturated heterocycles. The van der Waals surface area contributed by atoms with Crippen molar-refractivity contribution in [3.63, 3.8) is 0 Å². The molecule has 0 radical (unpaired) electrons. The van der Waals surface area contributed by atoms with Gasteiger partial charge in [-0.05, 0) is 25.7 Å². The van der Waals surface area contributed by atoms with E-state index in [9.17, 15) is 21.6 Å². The molecule has 0 spiro atoms. The number of rotatable bonds is 3. The third-order valence-electron chi connectivity index (χ3n) is 3.80. The molecule has 1 atom stereocenters. The summed E-state index contributed by atoms with van der Waals surface area (Å²) in [6.45, 7) is 2.13. The summed E-state index contributed by atoms with van der Waals surface area (Å²) in [4.78, 5) is -1.09. The second kappa shape index (κ2) is 7.16. The van der Waals surface area contributed by atoms with Crippen molar-refractivity contribution in [2.45, 2.75) is 30.7 Å². The average Bonchev–Trinajstić information content (AvgIpc) is 2.37. The van der Waals surface area contributed by atoms with Gasteiger partial charge in [-0.15, -0.1) is 12.4 Å². The molecule has 22 heavy (non-hydrogen) atoms. The zero-order valence-corrected chi connectivity index (χ0v) is 13.6. The van der Waals surface area contributed by atoms with E-state index in [1.165, 1.54) is 0 Å². The van der Waals surface area contributed by atoms with Crippen LogP contribution in [0.3, 0.4) is 0 Å². The maximum atomic E-state index is 13.7. The fourth-order valence-corrected chi connectivity index (χ4v) is 4.11. The fraction of sp³-hybridized carbons (Fsp3) is 0.538. The lowest BCUT2D eigenvalue weighted by Gasteiger charge is -2.33. The van der Waals surface area contributed by atoms with Gasteiger partial charge in [0.1, 0.15) is 17.5 Å². The number of halogens is 4. The number of hydrogen-bond donors (Lipinski definition) is 1. The zero-order valence-electron chi connectivity index (χ0n) is 11.9. The first kappa shape index (κ1) is 19.2. The molecule has 1 heterocycles. The molecule has 0 saturated carbocycles. The third-order valence-corrected chi connectivity index (χ3v) is 5.75. The van der Waals surface area contributed by atoms with Crippen LogP contribution in [0.25, 0.3) is 0 Å². The van der Waals surface area contributed by atoms with E-state index in [-0.39, 0.29) is 37.5 Å². The van der Waals surface area contributed by atoms with Crippen LogP contribution in [-0.2, 0) is 10.0 Å². The van der Waals surface area contributed by atoms with E-state index >= 15 is 0 Å². The molecule has 1 aliphatic rings. The van der Waals surface area contributed by atoms with Crippen molar-refractivity contribution in [1.82, 2.24) is 4.31 Å². The summed E-state index contributed by atoms with van der Waals surface area (Å²) >= 11 is 0. The molecule has 0 aromatic heterocycles. The van der Waals surface area contributed by atoms with E-state index in [0.717, 1.165) is 4.31 Å². The van der Waals surface area contributed by atoms with Gasteiger partial charge in [-0.1, -0.05) is 0 Å². The summed E-state index contributed by atoms with van der Waals surface area (Å²) in [6, 6.07) is 0.671. The van der Waals surface area contributed by atoms with E-state index in [1.54, 1.807) is 0 Å². The quantitative estimate of drug-likeness (QED) is 0.901. The molecule has 0 amide bonds. The van der Waals surface area contributed by atoms with Crippen molar-refractivity contribution in [3.8, 4) is 0 Å². The molecule has 4 nitrogen and oxygen atoms in total. The Morgan fingerprint density at radius 3 is 2.05 bits per heavy atom. The Balaban J connectivity index is 0.00000242. The number of nitrogens with two attached hydrogens (primary N) is 1. The van der Waals surface area contributed by atoms with Crippen molar-refractivity contribution < 1.29 is 21.6 Å². The van der Waals surface area contributed by atoms with Crippen LogP contribution in [0.5, 0.6) is 0 Å². The second-order valence-electron chi connectivity index (χ2n) is 5.30. The van der Waals surface area contributed by atoms with E-state index in [4.69, 9.17) is 5.73 Å². The maximum absolute atomic E-state index is 13.7.